The van der Waals surface area contributed by atoms with Crippen LogP contribution in [0.5, 0.6) is 5.75 Å². The number of ketones is 1. The third kappa shape index (κ3) is 3.24. The number of ether oxygens (including phenoxy) is 2. The molecule has 0 aliphatic rings. The third-order valence-electron chi connectivity index (χ3n) is 2.76. The number of Topliss-reactive ketones (excluding diaryl/α,β-unsaturated/α-hetero) is 1. The Morgan fingerprint density at radius 1 is 1.39 bits per heavy atom. The Hall–Kier alpha value is -1.06. The van der Waals surface area contributed by atoms with Crippen LogP contribution < -0.4 is 4.74 Å². The summed E-state index contributed by atoms with van der Waals surface area (Å²) in [5.74, 6) is 0.609. The predicted octanol–water partition coefficient (Wildman–Crippen LogP) is 3.57. The van der Waals surface area contributed by atoms with Gasteiger partial charge in [-0.05, 0) is 38.0 Å². The molecule has 0 aromatic heterocycles. The molecule has 1 aromatic carbocycles. The van der Waals surface area contributed by atoms with E-state index in [1.165, 1.54) is 0 Å². The fraction of sp³-hybridized carbons (Fsp3) is 0.500. The first-order valence-electron chi connectivity index (χ1n) is 5.97. The highest BCUT2D eigenvalue weighted by Crippen LogP contribution is 2.32. The molecule has 0 heterocycles. The van der Waals surface area contributed by atoms with Gasteiger partial charge in [0.2, 0.25) is 0 Å². The van der Waals surface area contributed by atoms with Crippen molar-refractivity contribution in [2.24, 2.45) is 0 Å². The predicted molar refractivity (Wildman–Crippen MR) is 72.9 cm³/mol. The first kappa shape index (κ1) is 15.0. The fourth-order valence-corrected chi connectivity index (χ4v) is 2.01. The van der Waals surface area contributed by atoms with E-state index in [0.717, 1.165) is 11.1 Å². The van der Waals surface area contributed by atoms with Crippen molar-refractivity contribution in [1.82, 2.24) is 0 Å². The molecule has 0 radical (unpaired) electrons. The van der Waals surface area contributed by atoms with Gasteiger partial charge in [0, 0.05) is 18.6 Å². The van der Waals surface area contributed by atoms with E-state index >= 15 is 0 Å². The molecule has 4 heteroatoms. The van der Waals surface area contributed by atoms with Crippen LogP contribution in [-0.4, -0.2) is 26.1 Å². The monoisotopic (exact) mass is 270 g/mol. The Balaban J connectivity index is 3.21. The molecule has 3 nitrogen and oxygen atoms in total. The van der Waals surface area contributed by atoms with Crippen LogP contribution in [0.25, 0.3) is 0 Å². The van der Waals surface area contributed by atoms with Gasteiger partial charge in [0.05, 0.1) is 18.8 Å². The number of halogens is 1. The number of aryl methyl sites for hydroxylation is 1. The lowest BCUT2D eigenvalue weighted by atomic mass is 9.99. The van der Waals surface area contributed by atoms with E-state index in [4.69, 9.17) is 21.1 Å². The summed E-state index contributed by atoms with van der Waals surface area (Å²) in [5.41, 5.74) is 2.27. The van der Waals surface area contributed by atoms with Crippen molar-refractivity contribution in [2.45, 2.75) is 27.2 Å². The second-order valence-electron chi connectivity index (χ2n) is 4.10. The van der Waals surface area contributed by atoms with Crippen molar-refractivity contribution in [1.29, 1.82) is 0 Å². The zero-order chi connectivity index (χ0) is 13.7. The van der Waals surface area contributed by atoms with Gasteiger partial charge in [-0.15, -0.1) is 0 Å². The van der Waals surface area contributed by atoms with E-state index in [1.807, 2.05) is 26.8 Å². The zero-order valence-electron chi connectivity index (χ0n) is 11.3. The smallest absolute Gasteiger partial charge is 0.169 e. The maximum Gasteiger partial charge on any atom is 0.169 e. The lowest BCUT2D eigenvalue weighted by molar-refractivity contribution is 0.0928. The molecule has 0 aliphatic carbocycles. The Morgan fingerprint density at radius 2 is 2.06 bits per heavy atom. The lowest BCUT2D eigenvalue weighted by Gasteiger charge is -2.15. The number of hydrogen-bond donors (Lipinski definition) is 0. The first-order valence-corrected chi connectivity index (χ1v) is 6.35. The van der Waals surface area contributed by atoms with E-state index < -0.39 is 0 Å². The number of carbonyl (C=O) groups excluding carboxylic acids is 1. The van der Waals surface area contributed by atoms with E-state index in [1.54, 1.807) is 7.11 Å². The summed E-state index contributed by atoms with van der Waals surface area (Å²) in [6.07, 6.45) is 0.330. The molecule has 18 heavy (non-hydrogen) atoms. The molecule has 100 valence electrons. The van der Waals surface area contributed by atoms with E-state index in [9.17, 15) is 4.79 Å². The number of hydrogen-bond acceptors (Lipinski definition) is 3. The summed E-state index contributed by atoms with van der Waals surface area (Å²) >= 11 is 6.19. The summed E-state index contributed by atoms with van der Waals surface area (Å²) in [4.78, 5) is 12.2. The Kier molecular flexibility index (Phi) is 5.63. The highest BCUT2D eigenvalue weighted by atomic mass is 35.5. The summed E-state index contributed by atoms with van der Waals surface area (Å²) in [6, 6.07) is 1.82. The number of methoxy groups -OCH3 is 1. The molecular weight excluding hydrogens is 252 g/mol. The van der Waals surface area contributed by atoms with Gasteiger partial charge in [0.25, 0.3) is 0 Å². The molecule has 0 spiro atoms. The van der Waals surface area contributed by atoms with Gasteiger partial charge in [0.15, 0.2) is 5.78 Å². The number of benzene rings is 1. The van der Waals surface area contributed by atoms with Gasteiger partial charge in [-0.2, -0.15) is 0 Å². The van der Waals surface area contributed by atoms with Gasteiger partial charge < -0.3 is 9.47 Å². The maximum atomic E-state index is 12.2. The summed E-state index contributed by atoms with van der Waals surface area (Å²) in [6.45, 7) is 6.56. The minimum Gasteiger partial charge on any atom is -0.493 e. The average molecular weight is 271 g/mol. The first-order chi connectivity index (χ1) is 8.52. The standard InChI is InChI=1S/C14H19ClO3/c1-5-18-12-8-9(2)14(15)10(3)13(12)11(16)6-7-17-4/h8H,5-7H2,1-4H3. The molecule has 0 bridgehead atoms. The van der Waals surface area contributed by atoms with E-state index in [-0.39, 0.29) is 5.78 Å². The van der Waals surface area contributed by atoms with Crippen molar-refractivity contribution in [3.63, 3.8) is 0 Å². The second-order valence-corrected chi connectivity index (χ2v) is 4.48. The van der Waals surface area contributed by atoms with Crippen LogP contribution in [-0.2, 0) is 4.74 Å². The minimum atomic E-state index is -0.000278. The molecule has 0 saturated carbocycles. The number of rotatable bonds is 6. The molecule has 0 aliphatic heterocycles. The van der Waals surface area contributed by atoms with Gasteiger partial charge >= 0.3 is 0 Å². The lowest BCUT2D eigenvalue weighted by Crippen LogP contribution is -2.09. The van der Waals surface area contributed by atoms with Crippen molar-refractivity contribution in [3.8, 4) is 5.75 Å². The Morgan fingerprint density at radius 3 is 2.61 bits per heavy atom. The van der Waals surface area contributed by atoms with Crippen molar-refractivity contribution >= 4 is 17.4 Å². The number of carbonyl (C=O) groups is 1. The van der Waals surface area contributed by atoms with Crippen LogP contribution in [0.1, 0.15) is 34.8 Å². The summed E-state index contributed by atoms with van der Waals surface area (Å²) in [7, 11) is 1.58. The molecule has 0 N–H and O–H groups in total. The third-order valence-corrected chi connectivity index (χ3v) is 3.34. The topological polar surface area (TPSA) is 35.5 Å². The highest BCUT2D eigenvalue weighted by molar-refractivity contribution is 6.32. The molecule has 0 fully saturated rings. The van der Waals surface area contributed by atoms with Gasteiger partial charge in [0.1, 0.15) is 5.75 Å². The van der Waals surface area contributed by atoms with Crippen molar-refractivity contribution < 1.29 is 14.3 Å². The molecular formula is C14H19ClO3. The largest absolute Gasteiger partial charge is 0.493 e. The molecule has 1 rings (SSSR count). The fourth-order valence-electron chi connectivity index (χ4n) is 1.86. The Labute approximate surface area is 113 Å². The summed E-state index contributed by atoms with van der Waals surface area (Å²) in [5, 5.41) is 0.624. The van der Waals surface area contributed by atoms with Crippen LogP contribution >= 0.6 is 11.6 Å². The normalized spacial score (nSPS) is 10.5. The summed E-state index contributed by atoms with van der Waals surface area (Å²) < 4.78 is 10.5. The van der Waals surface area contributed by atoms with Gasteiger partial charge in [-0.25, -0.2) is 0 Å². The molecule has 1 aromatic rings. The van der Waals surface area contributed by atoms with Gasteiger partial charge in [-0.1, -0.05) is 11.6 Å². The zero-order valence-corrected chi connectivity index (χ0v) is 12.1. The maximum absolute atomic E-state index is 12.2. The SMILES string of the molecule is CCOc1cc(C)c(Cl)c(C)c1C(=O)CCOC. The average Bonchev–Trinajstić information content (AvgIpc) is 2.34. The van der Waals surface area contributed by atoms with Crippen LogP contribution in [0.3, 0.4) is 0 Å². The molecule has 0 atom stereocenters. The van der Waals surface area contributed by atoms with Gasteiger partial charge in [-0.3, -0.25) is 4.79 Å². The van der Waals surface area contributed by atoms with Crippen molar-refractivity contribution in [2.75, 3.05) is 20.3 Å². The van der Waals surface area contributed by atoms with Crippen LogP contribution in [0.4, 0.5) is 0 Å². The Bertz CT molecular complexity index is 441. The minimum absolute atomic E-state index is 0.000278. The van der Waals surface area contributed by atoms with Crippen molar-refractivity contribution in [3.05, 3.63) is 27.8 Å². The highest BCUT2D eigenvalue weighted by Gasteiger charge is 2.19. The molecule has 0 unspecified atom stereocenters. The van der Waals surface area contributed by atoms with Crippen LogP contribution in [0.15, 0.2) is 6.07 Å². The second kappa shape index (κ2) is 6.76. The van der Waals surface area contributed by atoms with E-state index in [0.29, 0.717) is 36.0 Å². The van der Waals surface area contributed by atoms with E-state index in [2.05, 4.69) is 0 Å². The van der Waals surface area contributed by atoms with Crippen LogP contribution in [0.2, 0.25) is 5.02 Å². The van der Waals surface area contributed by atoms with Crippen LogP contribution in [0, 0.1) is 13.8 Å². The molecule has 0 saturated heterocycles. The molecule has 0 amide bonds. The quantitative estimate of drug-likeness (QED) is 0.741.